The van der Waals surface area contributed by atoms with Crippen molar-refractivity contribution in [2.24, 2.45) is 0 Å². The molecule has 1 rings (SSSR count). The normalized spacial score (nSPS) is 11.8. The maximum absolute atomic E-state index is 13.2. The first kappa shape index (κ1) is 17.8. The van der Waals surface area contributed by atoms with Crippen molar-refractivity contribution in [3.05, 3.63) is 29.1 Å². The van der Waals surface area contributed by atoms with Crippen molar-refractivity contribution in [2.75, 3.05) is 6.61 Å². The Morgan fingerprint density at radius 1 is 0.857 bits per heavy atom. The molecule has 0 spiro atoms. The third-order valence-corrected chi connectivity index (χ3v) is 3.79. The van der Waals surface area contributed by atoms with E-state index in [4.69, 9.17) is 10.2 Å². The van der Waals surface area contributed by atoms with Crippen molar-refractivity contribution in [2.45, 2.75) is 25.4 Å². The third-order valence-electron chi connectivity index (χ3n) is 2.47. The number of halogens is 5. The molecule has 0 aromatic heterocycles. The fourth-order valence-corrected chi connectivity index (χ4v) is 2.39. The van der Waals surface area contributed by atoms with Gasteiger partial charge in [-0.15, -0.1) is 0 Å². The minimum atomic E-state index is -2.23. The van der Waals surface area contributed by atoms with Gasteiger partial charge >= 0.3 is 0 Å². The summed E-state index contributed by atoms with van der Waals surface area (Å²) in [7, 11) is -1.13. The highest BCUT2D eigenvalue weighted by atomic mass is 28.2. The number of hydrogen-bond donors (Lipinski definition) is 2. The number of hydrogen-bond acceptors (Lipinski definition) is 4. The molecule has 0 saturated heterocycles. The predicted molar refractivity (Wildman–Crippen MR) is 63.6 cm³/mol. The van der Waals surface area contributed by atoms with E-state index in [1.54, 1.807) is 0 Å². The number of aliphatic hydroxyl groups is 2. The van der Waals surface area contributed by atoms with E-state index in [9.17, 15) is 22.0 Å². The van der Waals surface area contributed by atoms with Crippen molar-refractivity contribution >= 4 is 9.76 Å². The van der Waals surface area contributed by atoms with E-state index in [0.29, 0.717) is 12.5 Å². The van der Waals surface area contributed by atoms with Crippen LogP contribution in [-0.2, 0) is 4.43 Å². The van der Waals surface area contributed by atoms with Crippen LogP contribution in [0.5, 0.6) is 5.75 Å². The van der Waals surface area contributed by atoms with Crippen LogP contribution in [0.15, 0.2) is 0 Å². The molecule has 0 heterocycles. The van der Waals surface area contributed by atoms with Crippen LogP contribution in [0, 0.1) is 29.1 Å². The summed E-state index contributed by atoms with van der Waals surface area (Å²) in [6, 6.07) is 0.540. The maximum Gasteiger partial charge on any atom is 0.256 e. The average Bonchev–Trinajstić information content (AvgIpc) is 2.45. The summed E-state index contributed by atoms with van der Waals surface area (Å²) >= 11 is 0. The first-order chi connectivity index (χ1) is 9.86. The summed E-state index contributed by atoms with van der Waals surface area (Å²) in [5.41, 5.74) is 0. The second kappa shape index (κ2) is 8.27. The largest absolute Gasteiger partial charge is 0.487 e. The van der Waals surface area contributed by atoms with Crippen LogP contribution in [0.1, 0.15) is 12.8 Å². The molecular weight excluding hydrogens is 319 g/mol. The highest BCUT2D eigenvalue weighted by molar-refractivity contribution is 6.26. The molecule has 120 valence electrons. The topological polar surface area (TPSA) is 58.9 Å². The van der Waals surface area contributed by atoms with Gasteiger partial charge < -0.3 is 19.4 Å². The Morgan fingerprint density at radius 3 is 1.90 bits per heavy atom. The number of rotatable bonds is 8. The summed E-state index contributed by atoms with van der Waals surface area (Å²) in [6.45, 7) is -2.06. The zero-order valence-electron chi connectivity index (χ0n) is 10.7. The molecular formula is C11H13F5O4Si. The van der Waals surface area contributed by atoms with E-state index in [1.165, 1.54) is 0 Å². The van der Waals surface area contributed by atoms with Crippen LogP contribution in [0.2, 0.25) is 6.04 Å². The zero-order valence-corrected chi connectivity index (χ0v) is 12.1. The van der Waals surface area contributed by atoms with Crippen LogP contribution in [0.3, 0.4) is 0 Å². The monoisotopic (exact) mass is 332 g/mol. The molecule has 0 amide bonds. The molecule has 0 bridgehead atoms. The first-order valence-corrected chi connectivity index (χ1v) is 7.56. The van der Waals surface area contributed by atoms with Gasteiger partial charge in [-0.05, 0) is 12.5 Å². The van der Waals surface area contributed by atoms with Gasteiger partial charge in [0, 0.05) is 0 Å². The van der Waals surface area contributed by atoms with Gasteiger partial charge in [-0.1, -0.05) is 6.42 Å². The quantitative estimate of drug-likeness (QED) is 0.188. The van der Waals surface area contributed by atoms with Crippen molar-refractivity contribution in [1.82, 2.24) is 0 Å². The third kappa shape index (κ3) is 4.91. The first-order valence-electron chi connectivity index (χ1n) is 5.98. The van der Waals surface area contributed by atoms with E-state index in [-0.39, 0.29) is 13.0 Å². The van der Waals surface area contributed by atoms with Gasteiger partial charge in [-0.3, -0.25) is 0 Å². The lowest BCUT2D eigenvalue weighted by Crippen LogP contribution is -2.13. The van der Waals surface area contributed by atoms with Crippen molar-refractivity contribution in [3.63, 3.8) is 0 Å². The number of unbranched alkanes of at least 4 members (excludes halogenated alkanes) is 1. The van der Waals surface area contributed by atoms with Gasteiger partial charge in [0.1, 0.15) is 0 Å². The SMILES string of the molecule is OC(O)O[SiH2]CCCCOc1c(F)c(F)c(F)c(F)c1F. The second-order valence-corrected chi connectivity index (χ2v) is 5.45. The van der Waals surface area contributed by atoms with Gasteiger partial charge in [-0.2, -0.15) is 8.78 Å². The van der Waals surface area contributed by atoms with E-state index < -0.39 is 51.1 Å². The number of benzene rings is 1. The Kier molecular flexibility index (Phi) is 7.02. The molecule has 0 radical (unpaired) electrons. The van der Waals surface area contributed by atoms with Gasteiger partial charge in [0.05, 0.1) is 6.61 Å². The molecule has 10 heteroatoms. The Balaban J connectivity index is 2.46. The van der Waals surface area contributed by atoms with Crippen molar-refractivity contribution in [3.8, 4) is 5.75 Å². The fourth-order valence-electron chi connectivity index (χ4n) is 1.46. The lowest BCUT2D eigenvalue weighted by molar-refractivity contribution is -0.180. The zero-order chi connectivity index (χ0) is 16.0. The molecule has 0 aliphatic carbocycles. The van der Waals surface area contributed by atoms with E-state index in [1.807, 2.05) is 0 Å². The summed E-state index contributed by atoms with van der Waals surface area (Å²) in [6.07, 6.45) is 0.783. The average molecular weight is 332 g/mol. The highest BCUT2D eigenvalue weighted by Gasteiger charge is 2.26. The van der Waals surface area contributed by atoms with Crippen molar-refractivity contribution in [1.29, 1.82) is 0 Å². The van der Waals surface area contributed by atoms with E-state index >= 15 is 0 Å². The molecule has 0 saturated carbocycles. The molecule has 1 aromatic rings. The van der Waals surface area contributed by atoms with Gasteiger partial charge in [0.2, 0.25) is 29.1 Å². The smallest absolute Gasteiger partial charge is 0.256 e. The molecule has 4 nitrogen and oxygen atoms in total. The molecule has 0 aliphatic rings. The fraction of sp³-hybridized carbons (Fsp3) is 0.455. The molecule has 0 unspecified atom stereocenters. The molecule has 1 aromatic carbocycles. The maximum atomic E-state index is 13.2. The molecule has 2 N–H and O–H groups in total. The number of ether oxygens (including phenoxy) is 1. The lowest BCUT2D eigenvalue weighted by atomic mass is 10.2. The highest BCUT2D eigenvalue weighted by Crippen LogP contribution is 2.29. The Morgan fingerprint density at radius 2 is 1.38 bits per heavy atom. The predicted octanol–water partition coefficient (Wildman–Crippen LogP) is 1.33. The summed E-state index contributed by atoms with van der Waals surface area (Å²) in [4.78, 5) is 0. The molecule has 0 aliphatic heterocycles. The summed E-state index contributed by atoms with van der Waals surface area (Å²) in [5.74, 6) is -11.7. The summed E-state index contributed by atoms with van der Waals surface area (Å²) in [5, 5.41) is 16.8. The molecule has 21 heavy (non-hydrogen) atoms. The van der Waals surface area contributed by atoms with Crippen molar-refractivity contribution < 1.29 is 41.3 Å². The van der Waals surface area contributed by atoms with E-state index in [2.05, 4.69) is 9.16 Å². The van der Waals surface area contributed by atoms with Gasteiger partial charge in [-0.25, -0.2) is 13.2 Å². The summed E-state index contributed by atoms with van der Waals surface area (Å²) < 4.78 is 74.0. The van der Waals surface area contributed by atoms with Crippen LogP contribution >= 0.6 is 0 Å². The molecule has 0 atom stereocenters. The number of aliphatic hydroxyl groups excluding tert-OH is 1. The molecule has 0 fully saturated rings. The van der Waals surface area contributed by atoms with E-state index in [0.717, 1.165) is 0 Å². The van der Waals surface area contributed by atoms with Crippen LogP contribution in [-0.4, -0.2) is 33.1 Å². The second-order valence-electron chi connectivity index (χ2n) is 4.01. The lowest BCUT2D eigenvalue weighted by Gasteiger charge is -2.10. The van der Waals surface area contributed by atoms with Gasteiger partial charge in [0.25, 0.3) is 6.48 Å². The Bertz CT molecular complexity index is 457. The minimum absolute atomic E-state index is 0.242. The van der Waals surface area contributed by atoms with Crippen LogP contribution < -0.4 is 4.74 Å². The Hall–Kier alpha value is -1.23. The van der Waals surface area contributed by atoms with Gasteiger partial charge in [0.15, 0.2) is 15.5 Å². The van der Waals surface area contributed by atoms with Crippen LogP contribution in [0.4, 0.5) is 22.0 Å². The standard InChI is InChI=1S/C11H13F5O4Si/c12-5-6(13)8(15)10(9(16)7(5)14)19-3-1-2-4-21-20-11(17)18/h11,17-18H,1-4,21H2. The Labute approximate surface area is 119 Å². The minimum Gasteiger partial charge on any atom is -0.487 e. The van der Waals surface area contributed by atoms with Crippen LogP contribution in [0.25, 0.3) is 0 Å².